The molecule has 2 heteroatoms. The van der Waals surface area contributed by atoms with Gasteiger partial charge in [0.2, 0.25) is 0 Å². The molecule has 0 fully saturated rings. The number of carbonyl (C=O) groups is 1. The van der Waals surface area contributed by atoms with E-state index in [-0.39, 0.29) is 12.1 Å². The molecule has 1 unspecified atom stereocenters. The van der Waals surface area contributed by atoms with Crippen molar-refractivity contribution in [2.24, 2.45) is 0 Å². The maximum absolute atomic E-state index is 11.6. The summed E-state index contributed by atoms with van der Waals surface area (Å²) in [5.74, 6) is -0.0939. The van der Waals surface area contributed by atoms with Gasteiger partial charge in [0.1, 0.15) is 6.10 Å². The third-order valence-corrected chi connectivity index (χ3v) is 7.78. The highest BCUT2D eigenvalue weighted by atomic mass is 16.5. The van der Waals surface area contributed by atoms with E-state index in [0.717, 1.165) is 18.4 Å². The van der Waals surface area contributed by atoms with Crippen molar-refractivity contribution in [1.29, 1.82) is 0 Å². The fourth-order valence-electron chi connectivity index (χ4n) is 5.30. The highest BCUT2D eigenvalue weighted by Crippen LogP contribution is 2.20. The van der Waals surface area contributed by atoms with Crippen LogP contribution in [0, 0.1) is 0 Å². The number of unbranched alkanes of at least 4 members (excludes halogenated alkanes) is 20. The van der Waals surface area contributed by atoms with Crippen LogP contribution in [-0.4, -0.2) is 12.1 Å². The van der Waals surface area contributed by atoms with Gasteiger partial charge < -0.3 is 4.74 Å². The van der Waals surface area contributed by atoms with Crippen molar-refractivity contribution in [2.45, 2.75) is 180 Å². The summed E-state index contributed by atoms with van der Waals surface area (Å²) in [7, 11) is 0. The summed E-state index contributed by atoms with van der Waals surface area (Å²) in [6, 6.07) is 0. The third kappa shape index (κ3) is 24.0. The first-order valence-corrected chi connectivity index (χ1v) is 17.1. The standard InChI is InChI=1S/C37H64O2/c1-3-4-5-6-7-8-9-10-11-12-13-14-15-16-17-18-19-20-21-22-23-24-25-26-27-28-29-30-31-32-33-36-34-35(2)39-37(36)38/h12-13,16-17,20-21,34-35H,3-11,14-15,18-19,22-33H2,1-2H3. The Balaban J connectivity index is 1.74. The second kappa shape index (κ2) is 28.0. The van der Waals surface area contributed by atoms with E-state index in [1.807, 2.05) is 13.0 Å². The van der Waals surface area contributed by atoms with Crippen molar-refractivity contribution in [3.63, 3.8) is 0 Å². The smallest absolute Gasteiger partial charge is 0.334 e. The van der Waals surface area contributed by atoms with Crippen LogP contribution in [-0.2, 0) is 9.53 Å². The van der Waals surface area contributed by atoms with Gasteiger partial charge in [0, 0.05) is 5.57 Å². The van der Waals surface area contributed by atoms with Crippen LogP contribution in [0.15, 0.2) is 48.1 Å². The molecule has 1 atom stereocenters. The molecule has 0 spiro atoms. The monoisotopic (exact) mass is 540 g/mol. The van der Waals surface area contributed by atoms with E-state index in [1.54, 1.807) is 0 Å². The summed E-state index contributed by atoms with van der Waals surface area (Å²) >= 11 is 0. The maximum Gasteiger partial charge on any atom is 0.334 e. The average molecular weight is 541 g/mol. The molecule has 0 saturated carbocycles. The lowest BCUT2D eigenvalue weighted by Gasteiger charge is -2.03. The van der Waals surface area contributed by atoms with Crippen LogP contribution in [0.4, 0.5) is 0 Å². The van der Waals surface area contributed by atoms with E-state index in [9.17, 15) is 4.79 Å². The second-order valence-electron chi connectivity index (χ2n) is 11.7. The lowest BCUT2D eigenvalue weighted by molar-refractivity contribution is -0.139. The zero-order chi connectivity index (χ0) is 28.1. The lowest BCUT2D eigenvalue weighted by Crippen LogP contribution is -2.03. The van der Waals surface area contributed by atoms with Gasteiger partial charge in [0.05, 0.1) is 0 Å². The Labute approximate surface area is 243 Å². The maximum atomic E-state index is 11.6. The lowest BCUT2D eigenvalue weighted by atomic mass is 10.0. The summed E-state index contributed by atoms with van der Waals surface area (Å²) in [6.45, 7) is 4.22. The quantitative estimate of drug-likeness (QED) is 0.0560. The van der Waals surface area contributed by atoms with Crippen molar-refractivity contribution in [2.75, 3.05) is 0 Å². The molecular formula is C37H64O2. The fourth-order valence-corrected chi connectivity index (χ4v) is 5.30. The topological polar surface area (TPSA) is 26.3 Å². The molecule has 0 bridgehead atoms. The average Bonchev–Trinajstić information content (AvgIpc) is 3.26. The van der Waals surface area contributed by atoms with E-state index in [2.05, 4.69) is 43.4 Å². The largest absolute Gasteiger partial charge is 0.455 e. The summed E-state index contributed by atoms with van der Waals surface area (Å²) in [5.41, 5.74) is 0.896. The second-order valence-corrected chi connectivity index (χ2v) is 11.7. The van der Waals surface area contributed by atoms with Crippen LogP contribution in [0.25, 0.3) is 0 Å². The van der Waals surface area contributed by atoms with E-state index in [0.29, 0.717) is 0 Å². The highest BCUT2D eigenvalue weighted by molar-refractivity contribution is 5.90. The van der Waals surface area contributed by atoms with Crippen LogP contribution in [0.3, 0.4) is 0 Å². The number of allylic oxidation sites excluding steroid dienone is 6. The molecule has 1 aliphatic heterocycles. The number of rotatable bonds is 28. The van der Waals surface area contributed by atoms with Crippen LogP contribution < -0.4 is 0 Å². The molecule has 0 aromatic rings. The minimum Gasteiger partial charge on any atom is -0.455 e. The fraction of sp³-hybridized carbons (Fsp3) is 0.757. The Morgan fingerprint density at radius 2 is 0.897 bits per heavy atom. The molecule has 1 aliphatic rings. The van der Waals surface area contributed by atoms with E-state index in [4.69, 9.17) is 4.74 Å². The molecule has 0 radical (unpaired) electrons. The zero-order valence-electron chi connectivity index (χ0n) is 26.1. The molecule has 2 nitrogen and oxygen atoms in total. The van der Waals surface area contributed by atoms with Gasteiger partial charge in [-0.15, -0.1) is 0 Å². The number of hydrogen-bond acceptors (Lipinski definition) is 2. The first kappa shape index (κ1) is 35.5. The highest BCUT2D eigenvalue weighted by Gasteiger charge is 2.21. The van der Waals surface area contributed by atoms with Gasteiger partial charge in [-0.3, -0.25) is 0 Å². The van der Waals surface area contributed by atoms with Crippen LogP contribution in [0.2, 0.25) is 0 Å². The minimum absolute atomic E-state index is 0.0207. The molecule has 0 aromatic carbocycles. The minimum atomic E-state index is -0.0939. The molecule has 0 amide bonds. The molecule has 0 N–H and O–H groups in total. The first-order chi connectivity index (χ1) is 19.2. The van der Waals surface area contributed by atoms with Crippen molar-refractivity contribution < 1.29 is 9.53 Å². The predicted octanol–water partition coefficient (Wildman–Crippen LogP) is 12.3. The number of cyclic esters (lactones) is 1. The van der Waals surface area contributed by atoms with Gasteiger partial charge in [-0.2, -0.15) is 0 Å². The Morgan fingerprint density at radius 3 is 1.28 bits per heavy atom. The van der Waals surface area contributed by atoms with E-state index >= 15 is 0 Å². The van der Waals surface area contributed by atoms with Crippen molar-refractivity contribution in [3.05, 3.63) is 48.1 Å². The number of carbonyl (C=O) groups excluding carboxylic acids is 1. The molecule has 1 rings (SSSR count). The Bertz CT molecular complexity index is 669. The van der Waals surface area contributed by atoms with Crippen molar-refractivity contribution >= 4 is 5.97 Å². The molecule has 1 heterocycles. The zero-order valence-corrected chi connectivity index (χ0v) is 26.1. The van der Waals surface area contributed by atoms with Crippen LogP contribution in [0.1, 0.15) is 174 Å². The summed E-state index contributed by atoms with van der Waals surface area (Å²) < 4.78 is 5.15. The SMILES string of the molecule is CCCCCCCCCCC=CCCC=CCCC=CCCCCCCCCCCCCC1=CC(C)OC1=O. The van der Waals surface area contributed by atoms with Gasteiger partial charge in [-0.05, 0) is 77.2 Å². The number of ether oxygens (including phenoxy) is 1. The van der Waals surface area contributed by atoms with Gasteiger partial charge in [-0.1, -0.05) is 140 Å². The number of esters is 1. The van der Waals surface area contributed by atoms with Gasteiger partial charge >= 0.3 is 5.97 Å². The summed E-state index contributed by atoms with van der Waals surface area (Å²) in [4.78, 5) is 11.6. The van der Waals surface area contributed by atoms with Crippen molar-refractivity contribution in [1.82, 2.24) is 0 Å². The predicted molar refractivity (Wildman–Crippen MR) is 172 cm³/mol. The van der Waals surface area contributed by atoms with Gasteiger partial charge in [-0.25, -0.2) is 4.79 Å². The van der Waals surface area contributed by atoms with Gasteiger partial charge in [0.25, 0.3) is 0 Å². The number of hydrogen-bond donors (Lipinski definition) is 0. The van der Waals surface area contributed by atoms with Gasteiger partial charge in [0.15, 0.2) is 0 Å². The molecular weight excluding hydrogens is 476 g/mol. The van der Waals surface area contributed by atoms with Crippen molar-refractivity contribution in [3.8, 4) is 0 Å². The molecule has 0 saturated heterocycles. The molecule has 0 aliphatic carbocycles. The first-order valence-electron chi connectivity index (χ1n) is 17.1. The van der Waals surface area contributed by atoms with Crippen LogP contribution in [0.5, 0.6) is 0 Å². The van der Waals surface area contributed by atoms with E-state index < -0.39 is 0 Å². The Morgan fingerprint density at radius 1 is 0.538 bits per heavy atom. The van der Waals surface area contributed by atoms with E-state index in [1.165, 1.54) is 148 Å². The summed E-state index contributed by atoms with van der Waals surface area (Å²) in [5, 5.41) is 0. The van der Waals surface area contributed by atoms with Crippen LogP contribution >= 0.6 is 0 Å². The Kier molecular flexibility index (Phi) is 25.4. The summed E-state index contributed by atoms with van der Waals surface area (Å²) in [6.07, 6.45) is 48.9. The molecule has 39 heavy (non-hydrogen) atoms. The third-order valence-electron chi connectivity index (χ3n) is 7.78. The molecule has 224 valence electrons. The Hall–Kier alpha value is -1.57. The molecule has 0 aromatic heterocycles. The normalized spacial score (nSPS) is 15.8.